The van der Waals surface area contributed by atoms with E-state index < -0.39 is 0 Å². The molecule has 3 rings (SSSR count). The fourth-order valence-electron chi connectivity index (χ4n) is 3.45. The molecule has 0 bridgehead atoms. The summed E-state index contributed by atoms with van der Waals surface area (Å²) in [6.45, 7) is 1.55. The molecule has 2 N–H and O–H groups in total. The zero-order chi connectivity index (χ0) is 14.7. The summed E-state index contributed by atoms with van der Waals surface area (Å²) in [5, 5.41) is 0. The lowest BCUT2D eigenvalue weighted by atomic mass is 9.94. The van der Waals surface area contributed by atoms with Crippen molar-refractivity contribution in [1.82, 2.24) is 9.55 Å². The van der Waals surface area contributed by atoms with Crippen LogP contribution < -0.4 is 5.73 Å². The summed E-state index contributed by atoms with van der Waals surface area (Å²) in [6.07, 6.45) is 6.06. The second-order valence-electron chi connectivity index (χ2n) is 6.01. The summed E-state index contributed by atoms with van der Waals surface area (Å²) in [7, 11) is 1.75. The minimum absolute atomic E-state index is 0.227. The van der Waals surface area contributed by atoms with Crippen LogP contribution in [-0.4, -0.2) is 29.3 Å². The second-order valence-corrected chi connectivity index (χ2v) is 6.01. The predicted molar refractivity (Wildman–Crippen MR) is 85.4 cm³/mol. The van der Waals surface area contributed by atoms with Crippen LogP contribution in [0.3, 0.4) is 0 Å². The number of nitrogens with zero attached hydrogens (tertiary/aromatic N) is 2. The molecule has 1 aliphatic carbocycles. The topological polar surface area (TPSA) is 53.1 Å². The van der Waals surface area contributed by atoms with E-state index in [0.29, 0.717) is 12.5 Å². The standard InChI is InChI=1S/C17H25N3O/c1-21-12-11-20-16-10-6-5-9-15(16)19-17(20)13-7-3-2-4-8-14(13)18/h5-6,9-10,13-14H,2-4,7-8,11-12,18H2,1H3. The monoisotopic (exact) mass is 287 g/mol. The third-order valence-electron chi connectivity index (χ3n) is 4.60. The molecule has 1 fully saturated rings. The van der Waals surface area contributed by atoms with E-state index >= 15 is 0 Å². The van der Waals surface area contributed by atoms with Gasteiger partial charge >= 0.3 is 0 Å². The van der Waals surface area contributed by atoms with Crippen molar-refractivity contribution < 1.29 is 4.74 Å². The van der Waals surface area contributed by atoms with Crippen LogP contribution in [-0.2, 0) is 11.3 Å². The molecule has 2 aromatic rings. The molecule has 0 spiro atoms. The molecule has 0 aliphatic heterocycles. The van der Waals surface area contributed by atoms with Gasteiger partial charge in [-0.3, -0.25) is 0 Å². The largest absolute Gasteiger partial charge is 0.383 e. The van der Waals surface area contributed by atoms with E-state index in [9.17, 15) is 0 Å². The lowest BCUT2D eigenvalue weighted by molar-refractivity contribution is 0.186. The number of fused-ring (bicyclic) bond motifs is 1. The van der Waals surface area contributed by atoms with E-state index in [1.54, 1.807) is 7.11 Å². The number of nitrogens with two attached hydrogens (primary N) is 1. The summed E-state index contributed by atoms with van der Waals surface area (Å²) in [5.41, 5.74) is 8.71. The molecule has 2 atom stereocenters. The van der Waals surface area contributed by atoms with Gasteiger partial charge in [0.2, 0.25) is 0 Å². The molecule has 1 aromatic carbocycles. The van der Waals surface area contributed by atoms with E-state index in [1.165, 1.54) is 24.8 Å². The Labute approximate surface area is 126 Å². The van der Waals surface area contributed by atoms with Crippen molar-refractivity contribution in [2.24, 2.45) is 5.73 Å². The Balaban J connectivity index is 2.02. The Bertz CT molecular complexity index is 593. The molecule has 1 aromatic heterocycles. The molecular weight excluding hydrogens is 262 g/mol. The van der Waals surface area contributed by atoms with Crippen LogP contribution in [0.5, 0.6) is 0 Å². The lowest BCUT2D eigenvalue weighted by Gasteiger charge is -2.22. The van der Waals surface area contributed by atoms with Crippen molar-refractivity contribution in [2.75, 3.05) is 13.7 Å². The number of ether oxygens (including phenoxy) is 1. The number of aromatic nitrogens is 2. The second kappa shape index (κ2) is 6.58. The van der Waals surface area contributed by atoms with Gasteiger partial charge in [0.05, 0.1) is 17.6 Å². The summed E-state index contributed by atoms with van der Waals surface area (Å²) >= 11 is 0. The first-order valence-corrected chi connectivity index (χ1v) is 8.01. The maximum absolute atomic E-state index is 6.45. The number of rotatable bonds is 4. The molecule has 1 saturated carbocycles. The van der Waals surface area contributed by atoms with E-state index in [-0.39, 0.29) is 6.04 Å². The minimum Gasteiger partial charge on any atom is -0.383 e. The number of methoxy groups -OCH3 is 1. The van der Waals surface area contributed by atoms with Gasteiger partial charge < -0.3 is 15.0 Å². The van der Waals surface area contributed by atoms with E-state index in [4.69, 9.17) is 15.5 Å². The number of benzene rings is 1. The third-order valence-corrected chi connectivity index (χ3v) is 4.60. The Morgan fingerprint density at radius 3 is 2.90 bits per heavy atom. The van der Waals surface area contributed by atoms with Crippen molar-refractivity contribution in [1.29, 1.82) is 0 Å². The fraction of sp³-hybridized carbons (Fsp3) is 0.588. The summed E-state index contributed by atoms with van der Waals surface area (Å²) in [6, 6.07) is 8.58. The SMILES string of the molecule is COCCn1c(C2CCCCCC2N)nc2ccccc21. The Morgan fingerprint density at radius 1 is 1.24 bits per heavy atom. The molecule has 4 nitrogen and oxygen atoms in total. The van der Waals surface area contributed by atoms with Gasteiger partial charge in [-0.25, -0.2) is 4.98 Å². The lowest BCUT2D eigenvalue weighted by Crippen LogP contribution is -2.29. The Kier molecular flexibility index (Phi) is 4.56. The molecular formula is C17H25N3O. The van der Waals surface area contributed by atoms with Crippen LogP contribution in [0.15, 0.2) is 24.3 Å². The first-order chi connectivity index (χ1) is 10.3. The van der Waals surface area contributed by atoms with Gasteiger partial charge in [0.15, 0.2) is 0 Å². The van der Waals surface area contributed by atoms with Gasteiger partial charge in [0, 0.05) is 25.6 Å². The first-order valence-electron chi connectivity index (χ1n) is 8.01. The minimum atomic E-state index is 0.227. The van der Waals surface area contributed by atoms with Gasteiger partial charge in [-0.1, -0.05) is 31.4 Å². The maximum atomic E-state index is 6.45. The highest BCUT2D eigenvalue weighted by Gasteiger charge is 2.27. The molecule has 114 valence electrons. The third kappa shape index (κ3) is 2.97. The summed E-state index contributed by atoms with van der Waals surface area (Å²) < 4.78 is 7.59. The Hall–Kier alpha value is -1.39. The normalized spacial score (nSPS) is 23.3. The van der Waals surface area contributed by atoms with Gasteiger partial charge in [-0.15, -0.1) is 0 Å². The number of para-hydroxylation sites is 2. The van der Waals surface area contributed by atoms with Crippen molar-refractivity contribution >= 4 is 11.0 Å². The van der Waals surface area contributed by atoms with Gasteiger partial charge in [-0.05, 0) is 25.0 Å². The molecule has 4 heteroatoms. The highest BCUT2D eigenvalue weighted by molar-refractivity contribution is 5.76. The predicted octanol–water partition coefficient (Wildman–Crippen LogP) is 3.06. The highest BCUT2D eigenvalue weighted by Crippen LogP contribution is 2.32. The van der Waals surface area contributed by atoms with Crippen LogP contribution in [0.4, 0.5) is 0 Å². The molecule has 0 radical (unpaired) electrons. The number of imidazole rings is 1. The fourth-order valence-corrected chi connectivity index (χ4v) is 3.45. The number of hydrogen-bond donors (Lipinski definition) is 1. The van der Waals surface area contributed by atoms with Gasteiger partial charge in [-0.2, -0.15) is 0 Å². The molecule has 0 amide bonds. The van der Waals surface area contributed by atoms with Crippen molar-refractivity contribution in [3.63, 3.8) is 0 Å². The van der Waals surface area contributed by atoms with E-state index in [2.05, 4.69) is 22.8 Å². The van der Waals surface area contributed by atoms with E-state index in [0.717, 1.165) is 30.7 Å². The molecule has 2 unspecified atom stereocenters. The first kappa shape index (κ1) is 14.5. The highest BCUT2D eigenvalue weighted by atomic mass is 16.5. The molecule has 0 saturated heterocycles. The quantitative estimate of drug-likeness (QED) is 0.879. The smallest absolute Gasteiger partial charge is 0.114 e. The van der Waals surface area contributed by atoms with Crippen molar-refractivity contribution in [3.05, 3.63) is 30.1 Å². The summed E-state index contributed by atoms with van der Waals surface area (Å²) in [5.74, 6) is 1.53. The average molecular weight is 287 g/mol. The van der Waals surface area contributed by atoms with Crippen LogP contribution >= 0.6 is 0 Å². The van der Waals surface area contributed by atoms with Gasteiger partial charge in [0.25, 0.3) is 0 Å². The van der Waals surface area contributed by atoms with E-state index in [1.807, 2.05) is 6.07 Å². The maximum Gasteiger partial charge on any atom is 0.114 e. The zero-order valence-electron chi connectivity index (χ0n) is 12.8. The zero-order valence-corrected chi connectivity index (χ0v) is 12.8. The van der Waals surface area contributed by atoms with Crippen LogP contribution in [0.1, 0.15) is 43.8 Å². The molecule has 1 heterocycles. The Morgan fingerprint density at radius 2 is 2.05 bits per heavy atom. The average Bonchev–Trinajstić information content (AvgIpc) is 2.72. The summed E-state index contributed by atoms with van der Waals surface area (Å²) in [4.78, 5) is 4.91. The molecule has 21 heavy (non-hydrogen) atoms. The van der Waals surface area contributed by atoms with Crippen LogP contribution in [0, 0.1) is 0 Å². The van der Waals surface area contributed by atoms with Crippen molar-refractivity contribution in [2.45, 2.75) is 50.6 Å². The van der Waals surface area contributed by atoms with Gasteiger partial charge in [0.1, 0.15) is 5.82 Å². The van der Waals surface area contributed by atoms with Crippen LogP contribution in [0.2, 0.25) is 0 Å². The van der Waals surface area contributed by atoms with Crippen molar-refractivity contribution in [3.8, 4) is 0 Å². The number of hydrogen-bond acceptors (Lipinski definition) is 3. The van der Waals surface area contributed by atoms with Crippen LogP contribution in [0.25, 0.3) is 11.0 Å². The molecule has 1 aliphatic rings.